The van der Waals surface area contributed by atoms with E-state index >= 15 is 0 Å². The highest BCUT2D eigenvalue weighted by Crippen LogP contribution is 2.29. The number of rotatable bonds is 4. The monoisotopic (exact) mass is 361 g/mol. The highest BCUT2D eigenvalue weighted by atomic mass is 32.1. The second-order valence-corrected chi connectivity index (χ2v) is 7.65. The number of aryl methyl sites for hydroxylation is 2. The smallest absolute Gasteiger partial charge is 0.349 e. The fourth-order valence-corrected chi connectivity index (χ4v) is 4.16. The molecule has 1 aliphatic heterocycles. The summed E-state index contributed by atoms with van der Waals surface area (Å²) in [6.07, 6.45) is 2.78. The van der Waals surface area contributed by atoms with Crippen LogP contribution in [-0.4, -0.2) is 33.6 Å². The van der Waals surface area contributed by atoms with E-state index in [1.54, 1.807) is 18.4 Å². The molecule has 7 nitrogen and oxygen atoms in total. The van der Waals surface area contributed by atoms with Crippen molar-refractivity contribution in [3.8, 4) is 0 Å². The average molecular weight is 361 g/mol. The minimum Gasteiger partial charge on any atom is -0.448 e. The van der Waals surface area contributed by atoms with Gasteiger partial charge >= 0.3 is 5.97 Å². The number of nitrogens with one attached hydrogen (secondary N) is 1. The van der Waals surface area contributed by atoms with Gasteiger partial charge in [0.15, 0.2) is 6.10 Å². The van der Waals surface area contributed by atoms with E-state index in [4.69, 9.17) is 4.74 Å². The third kappa shape index (κ3) is 2.84. The standard InChI is InChI=1S/C17H19N3O4S/c1-8-12-15(19-11-4-3-7-20(11)16(12)22)25-13(8)17(23)24-9(2)14(21)18-10-5-6-10/h9-10H,3-7H2,1-2H3,(H,18,21)/t9-/m1/s1. The number of carbonyl (C=O) groups is 2. The van der Waals surface area contributed by atoms with Crippen LogP contribution in [0.1, 0.15) is 47.2 Å². The Kier molecular flexibility index (Phi) is 3.87. The molecule has 3 heterocycles. The van der Waals surface area contributed by atoms with E-state index in [1.807, 2.05) is 0 Å². The molecule has 1 fully saturated rings. The van der Waals surface area contributed by atoms with Gasteiger partial charge in [0.25, 0.3) is 11.5 Å². The zero-order chi connectivity index (χ0) is 17.7. The summed E-state index contributed by atoms with van der Waals surface area (Å²) >= 11 is 1.16. The van der Waals surface area contributed by atoms with Gasteiger partial charge in [-0.2, -0.15) is 0 Å². The Morgan fingerprint density at radius 1 is 1.40 bits per heavy atom. The Hall–Kier alpha value is -2.22. The number of esters is 1. The number of hydrogen-bond donors (Lipinski definition) is 1. The predicted octanol–water partition coefficient (Wildman–Crippen LogP) is 1.54. The van der Waals surface area contributed by atoms with Gasteiger partial charge < -0.3 is 10.1 Å². The molecule has 0 saturated heterocycles. The van der Waals surface area contributed by atoms with Crippen LogP contribution in [-0.2, 0) is 22.5 Å². The molecule has 2 aromatic heterocycles. The minimum absolute atomic E-state index is 0.0928. The van der Waals surface area contributed by atoms with Crippen molar-refractivity contribution < 1.29 is 14.3 Å². The summed E-state index contributed by atoms with van der Waals surface area (Å²) in [7, 11) is 0. The van der Waals surface area contributed by atoms with Crippen molar-refractivity contribution in [1.82, 2.24) is 14.9 Å². The second-order valence-electron chi connectivity index (χ2n) is 6.66. The number of fused-ring (bicyclic) bond motifs is 2. The Labute approximate surface area is 148 Å². The molecule has 4 rings (SSSR count). The molecule has 0 bridgehead atoms. The third-order valence-electron chi connectivity index (χ3n) is 4.67. The van der Waals surface area contributed by atoms with Gasteiger partial charge in [0, 0.05) is 19.0 Å². The molecule has 0 unspecified atom stereocenters. The molecule has 132 valence electrons. The van der Waals surface area contributed by atoms with Crippen LogP contribution in [0.4, 0.5) is 0 Å². The van der Waals surface area contributed by atoms with Gasteiger partial charge in [-0.25, -0.2) is 9.78 Å². The van der Waals surface area contributed by atoms with Crippen molar-refractivity contribution in [3.05, 3.63) is 26.6 Å². The van der Waals surface area contributed by atoms with Crippen molar-refractivity contribution in [2.24, 2.45) is 0 Å². The Morgan fingerprint density at radius 2 is 2.16 bits per heavy atom. The molecule has 1 aliphatic carbocycles. The summed E-state index contributed by atoms with van der Waals surface area (Å²) in [5, 5.41) is 3.30. The predicted molar refractivity (Wildman–Crippen MR) is 93.0 cm³/mol. The van der Waals surface area contributed by atoms with Gasteiger partial charge in [0.2, 0.25) is 0 Å². The number of nitrogens with zero attached hydrogens (tertiary/aromatic N) is 2. The maximum atomic E-state index is 12.6. The maximum Gasteiger partial charge on any atom is 0.349 e. The van der Waals surface area contributed by atoms with Crippen LogP contribution in [0.15, 0.2) is 4.79 Å². The maximum absolute atomic E-state index is 12.6. The zero-order valence-corrected chi connectivity index (χ0v) is 14.9. The fourth-order valence-electron chi connectivity index (χ4n) is 3.08. The summed E-state index contributed by atoms with van der Waals surface area (Å²) in [5.41, 5.74) is 0.490. The van der Waals surface area contributed by atoms with Crippen LogP contribution in [0, 0.1) is 6.92 Å². The van der Waals surface area contributed by atoms with E-state index in [2.05, 4.69) is 10.3 Å². The van der Waals surface area contributed by atoms with Gasteiger partial charge in [-0.15, -0.1) is 11.3 Å². The molecule has 2 aromatic rings. The SMILES string of the molecule is Cc1c(C(=O)O[C@H](C)C(=O)NC2CC2)sc2nc3n(c(=O)c12)CCC3. The molecule has 2 aliphatic rings. The normalized spacial score (nSPS) is 17.4. The molecular weight excluding hydrogens is 342 g/mol. The lowest BCUT2D eigenvalue weighted by atomic mass is 10.2. The number of carbonyl (C=O) groups excluding carboxylic acids is 2. The largest absolute Gasteiger partial charge is 0.448 e. The molecular formula is C17H19N3O4S. The Balaban J connectivity index is 1.61. The fraction of sp³-hybridized carbons (Fsp3) is 0.529. The molecule has 0 spiro atoms. The highest BCUT2D eigenvalue weighted by Gasteiger charge is 2.29. The number of hydrogen-bond acceptors (Lipinski definition) is 6. The molecule has 0 aromatic carbocycles. The van der Waals surface area contributed by atoms with Gasteiger partial charge in [0.05, 0.1) is 5.39 Å². The number of amides is 1. The molecule has 8 heteroatoms. The lowest BCUT2D eigenvalue weighted by Crippen LogP contribution is -2.37. The summed E-state index contributed by atoms with van der Waals surface area (Å²) < 4.78 is 6.98. The topological polar surface area (TPSA) is 90.3 Å². The first-order valence-corrected chi connectivity index (χ1v) is 9.31. The average Bonchev–Trinajstić information content (AvgIpc) is 3.14. The molecule has 1 saturated carbocycles. The first kappa shape index (κ1) is 16.3. The number of thiophene rings is 1. The molecule has 1 amide bonds. The van der Waals surface area contributed by atoms with Gasteiger partial charge in [-0.05, 0) is 38.7 Å². The summed E-state index contributed by atoms with van der Waals surface area (Å²) in [5.74, 6) is -0.0915. The van der Waals surface area contributed by atoms with Crippen molar-refractivity contribution in [3.63, 3.8) is 0 Å². The lowest BCUT2D eigenvalue weighted by molar-refractivity contribution is -0.129. The van der Waals surface area contributed by atoms with Crippen LogP contribution in [0.2, 0.25) is 0 Å². The molecule has 25 heavy (non-hydrogen) atoms. The van der Waals surface area contributed by atoms with Crippen LogP contribution in [0.3, 0.4) is 0 Å². The minimum atomic E-state index is -0.864. The Morgan fingerprint density at radius 3 is 2.88 bits per heavy atom. The first-order valence-electron chi connectivity index (χ1n) is 8.50. The van der Waals surface area contributed by atoms with E-state index in [-0.39, 0.29) is 17.5 Å². The van der Waals surface area contributed by atoms with Crippen LogP contribution < -0.4 is 10.9 Å². The van der Waals surface area contributed by atoms with E-state index in [0.29, 0.717) is 27.2 Å². The number of ether oxygens (including phenoxy) is 1. The third-order valence-corrected chi connectivity index (χ3v) is 5.84. The molecule has 1 N–H and O–H groups in total. The molecule has 0 radical (unpaired) electrons. The van der Waals surface area contributed by atoms with Crippen molar-refractivity contribution in [2.45, 2.75) is 58.2 Å². The zero-order valence-electron chi connectivity index (χ0n) is 14.1. The summed E-state index contributed by atoms with van der Waals surface area (Å²) in [6, 6.07) is 0.214. The van der Waals surface area contributed by atoms with Crippen molar-refractivity contribution >= 4 is 33.4 Å². The Bertz CT molecular complexity index is 941. The molecule has 1 atom stereocenters. The highest BCUT2D eigenvalue weighted by molar-refractivity contribution is 7.20. The van der Waals surface area contributed by atoms with Crippen LogP contribution >= 0.6 is 11.3 Å². The van der Waals surface area contributed by atoms with E-state index in [1.165, 1.54) is 0 Å². The van der Waals surface area contributed by atoms with Gasteiger partial charge in [0.1, 0.15) is 15.5 Å². The van der Waals surface area contributed by atoms with E-state index < -0.39 is 12.1 Å². The second kappa shape index (κ2) is 5.94. The van der Waals surface area contributed by atoms with Crippen molar-refractivity contribution in [1.29, 1.82) is 0 Å². The van der Waals surface area contributed by atoms with Gasteiger partial charge in [-0.1, -0.05) is 0 Å². The van der Waals surface area contributed by atoms with Crippen LogP contribution in [0.25, 0.3) is 10.2 Å². The van der Waals surface area contributed by atoms with Crippen LogP contribution in [0.5, 0.6) is 0 Å². The van der Waals surface area contributed by atoms with E-state index in [0.717, 1.165) is 42.8 Å². The van der Waals surface area contributed by atoms with Gasteiger partial charge in [-0.3, -0.25) is 14.2 Å². The van der Waals surface area contributed by atoms with Crippen molar-refractivity contribution in [2.75, 3.05) is 0 Å². The summed E-state index contributed by atoms with van der Waals surface area (Å²) in [6.45, 7) is 3.96. The number of aromatic nitrogens is 2. The summed E-state index contributed by atoms with van der Waals surface area (Å²) in [4.78, 5) is 42.5. The van der Waals surface area contributed by atoms with E-state index in [9.17, 15) is 14.4 Å². The first-order chi connectivity index (χ1) is 12.0. The quantitative estimate of drug-likeness (QED) is 0.834. The lowest BCUT2D eigenvalue weighted by Gasteiger charge is -2.12.